The maximum Gasteiger partial charge on any atom is 0.322 e. The maximum absolute atomic E-state index is 10.7. The summed E-state index contributed by atoms with van der Waals surface area (Å²) in [6, 6.07) is -0.625. The minimum atomic E-state index is -1.36. The summed E-state index contributed by atoms with van der Waals surface area (Å²) in [5.74, 6) is -0.604. The summed E-state index contributed by atoms with van der Waals surface area (Å²) in [5.41, 5.74) is -1.36. The second kappa shape index (κ2) is 1.80. The van der Waals surface area contributed by atoms with Gasteiger partial charge in [-0.15, -0.1) is 0 Å². The Morgan fingerprint density at radius 2 is 2.10 bits per heavy atom. The Balaban J connectivity index is 2.90. The van der Waals surface area contributed by atoms with E-state index in [1.54, 1.807) is 0 Å². The van der Waals surface area contributed by atoms with E-state index in [0.717, 1.165) is 0 Å². The van der Waals surface area contributed by atoms with Crippen LogP contribution in [0.2, 0.25) is 0 Å². The molecule has 1 aliphatic heterocycles. The Bertz CT molecular complexity index is 213. The van der Waals surface area contributed by atoms with Gasteiger partial charge in [-0.1, -0.05) is 0 Å². The van der Waals surface area contributed by atoms with Gasteiger partial charge < -0.3 is 10.1 Å². The number of hydrogen-bond acceptors (Lipinski definition) is 3. The number of urea groups is 1. The molecule has 0 aliphatic carbocycles. The highest BCUT2D eigenvalue weighted by molar-refractivity contribution is 6.15. The second-order valence-electron chi connectivity index (χ2n) is 2.23. The molecule has 5 heteroatoms. The van der Waals surface area contributed by atoms with Crippen molar-refractivity contribution < 1.29 is 14.4 Å². The number of rotatable bonds is 1. The molecule has 0 aromatic carbocycles. The summed E-state index contributed by atoms with van der Waals surface area (Å²) in [7, 11) is 0. The highest BCUT2D eigenvalue weighted by Gasteiger charge is 2.41. The van der Waals surface area contributed by atoms with Crippen LogP contribution in [0.15, 0.2) is 0 Å². The van der Waals surface area contributed by atoms with E-state index in [4.69, 9.17) is 0 Å². The van der Waals surface area contributed by atoms with E-state index in [0.29, 0.717) is 6.29 Å². The van der Waals surface area contributed by atoms with Crippen LogP contribution < -0.4 is 10.6 Å². The molecule has 10 heavy (non-hydrogen) atoms. The molecule has 1 aliphatic rings. The van der Waals surface area contributed by atoms with Crippen molar-refractivity contribution in [3.8, 4) is 0 Å². The number of carbonyl (C=O) groups is 3. The minimum Gasteiger partial charge on any atom is -0.317 e. The summed E-state index contributed by atoms with van der Waals surface area (Å²) >= 11 is 0. The molecule has 1 heterocycles. The number of aldehydes is 1. The summed E-state index contributed by atoms with van der Waals surface area (Å²) in [4.78, 5) is 31.3. The molecule has 1 rings (SSSR count). The summed E-state index contributed by atoms with van der Waals surface area (Å²) < 4.78 is 0. The molecule has 1 saturated heterocycles. The fourth-order valence-corrected chi connectivity index (χ4v) is 0.640. The van der Waals surface area contributed by atoms with Crippen LogP contribution in [0.25, 0.3) is 0 Å². The van der Waals surface area contributed by atoms with Crippen LogP contribution in [0.3, 0.4) is 0 Å². The third-order valence-corrected chi connectivity index (χ3v) is 1.31. The second-order valence-corrected chi connectivity index (χ2v) is 2.23. The van der Waals surface area contributed by atoms with E-state index in [-0.39, 0.29) is 0 Å². The van der Waals surface area contributed by atoms with Crippen LogP contribution in [0.4, 0.5) is 4.79 Å². The predicted octanol–water partition coefficient (Wildman–Crippen LogP) is -1.22. The summed E-state index contributed by atoms with van der Waals surface area (Å²) in [5, 5.41) is 4.10. The zero-order valence-corrected chi connectivity index (χ0v) is 5.30. The van der Waals surface area contributed by atoms with Crippen molar-refractivity contribution in [2.45, 2.75) is 12.5 Å². The molecule has 0 unspecified atom stereocenters. The van der Waals surface area contributed by atoms with Gasteiger partial charge in [0, 0.05) is 0 Å². The fourth-order valence-electron chi connectivity index (χ4n) is 0.640. The van der Waals surface area contributed by atoms with Crippen LogP contribution in [0.5, 0.6) is 0 Å². The van der Waals surface area contributed by atoms with Gasteiger partial charge in [-0.2, -0.15) is 0 Å². The number of imide groups is 1. The topological polar surface area (TPSA) is 75.3 Å². The predicted molar refractivity (Wildman–Crippen MR) is 31.1 cm³/mol. The molecular formula is C5H6N2O3. The van der Waals surface area contributed by atoms with Crippen LogP contribution in [0, 0.1) is 0 Å². The molecule has 2 N–H and O–H groups in total. The Kier molecular flexibility index (Phi) is 1.21. The smallest absolute Gasteiger partial charge is 0.317 e. The molecule has 5 nitrogen and oxygen atoms in total. The lowest BCUT2D eigenvalue weighted by atomic mass is 10.1. The lowest BCUT2D eigenvalue weighted by Crippen LogP contribution is -2.45. The van der Waals surface area contributed by atoms with E-state index in [9.17, 15) is 14.4 Å². The average molecular weight is 142 g/mol. The number of amides is 3. The summed E-state index contributed by atoms with van der Waals surface area (Å²) in [6.45, 7) is 1.33. The van der Waals surface area contributed by atoms with Crippen molar-refractivity contribution in [3.05, 3.63) is 0 Å². The Morgan fingerprint density at radius 1 is 1.50 bits per heavy atom. The molecule has 3 amide bonds. The standard InChI is InChI=1S/C5H6N2O3/c1-5(2-8)3(9)6-4(10)7-5/h2H,1H3,(H2,6,7,9,10)/t5-/m0/s1. The first-order chi connectivity index (χ1) is 4.58. The maximum atomic E-state index is 10.7. The third kappa shape index (κ3) is 0.754. The normalized spacial score (nSPS) is 31.3. The number of nitrogens with one attached hydrogen (secondary N) is 2. The molecular weight excluding hydrogens is 136 g/mol. The van der Waals surface area contributed by atoms with Crippen molar-refractivity contribution in [2.24, 2.45) is 0 Å². The van der Waals surface area contributed by atoms with E-state index in [1.807, 2.05) is 5.32 Å². The molecule has 0 saturated carbocycles. The zero-order valence-electron chi connectivity index (χ0n) is 5.30. The molecule has 54 valence electrons. The molecule has 1 atom stereocenters. The van der Waals surface area contributed by atoms with Crippen molar-refractivity contribution in [1.29, 1.82) is 0 Å². The van der Waals surface area contributed by atoms with Crippen LogP contribution in [-0.4, -0.2) is 23.8 Å². The van der Waals surface area contributed by atoms with Crippen LogP contribution in [0.1, 0.15) is 6.92 Å². The van der Waals surface area contributed by atoms with Crippen molar-refractivity contribution in [1.82, 2.24) is 10.6 Å². The van der Waals surface area contributed by atoms with Gasteiger partial charge in [-0.05, 0) is 6.92 Å². The molecule has 0 spiro atoms. The number of hydrogen-bond donors (Lipinski definition) is 2. The largest absolute Gasteiger partial charge is 0.322 e. The van der Waals surface area contributed by atoms with Crippen molar-refractivity contribution >= 4 is 18.2 Å². The highest BCUT2D eigenvalue weighted by Crippen LogP contribution is 2.04. The van der Waals surface area contributed by atoms with Gasteiger partial charge in [0.2, 0.25) is 0 Å². The molecule has 0 bridgehead atoms. The monoisotopic (exact) mass is 142 g/mol. The molecule has 0 aromatic rings. The van der Waals surface area contributed by atoms with E-state index in [2.05, 4.69) is 5.32 Å². The molecule has 1 fully saturated rings. The number of carbonyl (C=O) groups excluding carboxylic acids is 3. The van der Waals surface area contributed by atoms with Crippen LogP contribution in [-0.2, 0) is 9.59 Å². The Morgan fingerprint density at radius 3 is 2.30 bits per heavy atom. The molecule has 0 radical (unpaired) electrons. The SMILES string of the molecule is C[C@@]1(C=O)NC(=O)NC1=O. The van der Waals surface area contributed by atoms with Gasteiger partial charge >= 0.3 is 6.03 Å². The van der Waals surface area contributed by atoms with Gasteiger partial charge in [-0.25, -0.2) is 4.79 Å². The first-order valence-electron chi connectivity index (χ1n) is 2.68. The fraction of sp³-hybridized carbons (Fsp3) is 0.400. The summed E-state index contributed by atoms with van der Waals surface area (Å²) in [6.07, 6.45) is 0.396. The quantitative estimate of drug-likeness (QED) is 0.274. The Labute approximate surface area is 56.8 Å². The minimum absolute atomic E-state index is 0.396. The van der Waals surface area contributed by atoms with E-state index >= 15 is 0 Å². The lowest BCUT2D eigenvalue weighted by Gasteiger charge is -2.09. The first kappa shape index (κ1) is 6.73. The van der Waals surface area contributed by atoms with E-state index < -0.39 is 17.5 Å². The first-order valence-corrected chi connectivity index (χ1v) is 2.68. The van der Waals surface area contributed by atoms with Gasteiger partial charge in [0.15, 0.2) is 11.8 Å². The van der Waals surface area contributed by atoms with Gasteiger partial charge in [0.25, 0.3) is 5.91 Å². The Hall–Kier alpha value is -1.39. The lowest BCUT2D eigenvalue weighted by molar-refractivity contribution is -0.128. The van der Waals surface area contributed by atoms with Crippen molar-refractivity contribution in [2.75, 3.05) is 0 Å². The van der Waals surface area contributed by atoms with Gasteiger partial charge in [0.1, 0.15) is 0 Å². The van der Waals surface area contributed by atoms with Crippen LogP contribution >= 0.6 is 0 Å². The average Bonchev–Trinajstić information content (AvgIpc) is 2.09. The molecule has 0 aromatic heterocycles. The van der Waals surface area contributed by atoms with E-state index in [1.165, 1.54) is 6.92 Å². The highest BCUT2D eigenvalue weighted by atomic mass is 16.2. The van der Waals surface area contributed by atoms with Crippen molar-refractivity contribution in [3.63, 3.8) is 0 Å². The third-order valence-electron chi connectivity index (χ3n) is 1.31. The van der Waals surface area contributed by atoms with Gasteiger partial charge in [0.05, 0.1) is 0 Å². The zero-order chi connectivity index (χ0) is 7.78. The van der Waals surface area contributed by atoms with Gasteiger partial charge in [-0.3, -0.25) is 10.1 Å².